The number of pyridine rings is 1. The maximum Gasteiger partial charge on any atom is 0.147 e. The van der Waals surface area contributed by atoms with Crippen LogP contribution in [0, 0.1) is 6.92 Å². The van der Waals surface area contributed by atoms with E-state index in [1.807, 2.05) is 21.9 Å². The van der Waals surface area contributed by atoms with Crippen molar-refractivity contribution in [1.82, 2.24) is 9.38 Å². The number of nitrogen functional groups attached to an aromatic ring is 1. The Kier molecular flexibility index (Phi) is 2.80. The highest BCUT2D eigenvalue weighted by Gasteiger charge is 2.17. The van der Waals surface area contributed by atoms with Gasteiger partial charge in [0.05, 0.1) is 0 Å². The summed E-state index contributed by atoms with van der Waals surface area (Å²) in [4.78, 5) is 7.50. The normalized spacial score (nSPS) is 11.7. The van der Waals surface area contributed by atoms with Crippen molar-refractivity contribution in [3.8, 4) is 11.3 Å². The molecule has 106 valence electrons. The van der Waals surface area contributed by atoms with Crippen LogP contribution < -0.4 is 5.73 Å². The molecule has 0 saturated heterocycles. The summed E-state index contributed by atoms with van der Waals surface area (Å²) in [6.07, 6.45) is 3.07. The van der Waals surface area contributed by atoms with Gasteiger partial charge in [-0.1, -0.05) is 6.92 Å². The van der Waals surface area contributed by atoms with Crippen LogP contribution in [0.2, 0.25) is 0 Å². The lowest BCUT2D eigenvalue weighted by Gasteiger charge is -1.98. The van der Waals surface area contributed by atoms with Gasteiger partial charge in [0.15, 0.2) is 0 Å². The molecule has 0 amide bonds. The van der Waals surface area contributed by atoms with E-state index in [1.54, 1.807) is 11.3 Å². The van der Waals surface area contributed by atoms with Gasteiger partial charge in [-0.25, -0.2) is 4.98 Å². The van der Waals surface area contributed by atoms with E-state index in [0.29, 0.717) is 0 Å². The second-order valence-corrected chi connectivity index (χ2v) is 7.38. The van der Waals surface area contributed by atoms with Gasteiger partial charge in [-0.3, -0.25) is 4.40 Å². The molecule has 4 heterocycles. The van der Waals surface area contributed by atoms with E-state index in [2.05, 4.69) is 37.4 Å². The standard InChI is InChI=1S/C16H15N3S2/c1-3-10-8-12(9(2)21-10)14-15(17)19-6-4-13-11(5-7-20-13)16(19)18-14/h4-8H,3,17H2,1-2H3. The lowest BCUT2D eigenvalue weighted by atomic mass is 10.2. The van der Waals surface area contributed by atoms with E-state index in [0.717, 1.165) is 23.6 Å². The zero-order valence-corrected chi connectivity index (χ0v) is 13.5. The number of imidazole rings is 1. The SMILES string of the molecule is CCc1cc(-c2nc3c4ccsc4ccn3c2N)c(C)s1. The van der Waals surface area contributed by atoms with Crippen LogP contribution in [-0.4, -0.2) is 9.38 Å². The summed E-state index contributed by atoms with van der Waals surface area (Å²) in [5, 5.41) is 3.27. The lowest BCUT2D eigenvalue weighted by Crippen LogP contribution is -1.93. The van der Waals surface area contributed by atoms with Crippen LogP contribution in [0.25, 0.3) is 27.0 Å². The largest absolute Gasteiger partial charge is 0.383 e. The van der Waals surface area contributed by atoms with Crippen LogP contribution in [0.5, 0.6) is 0 Å². The smallest absolute Gasteiger partial charge is 0.147 e. The molecule has 0 aliphatic rings. The van der Waals surface area contributed by atoms with Gasteiger partial charge < -0.3 is 5.73 Å². The molecule has 0 aromatic carbocycles. The van der Waals surface area contributed by atoms with Crippen LogP contribution in [-0.2, 0) is 6.42 Å². The van der Waals surface area contributed by atoms with Crippen molar-refractivity contribution in [3.05, 3.63) is 39.5 Å². The van der Waals surface area contributed by atoms with Gasteiger partial charge in [-0.2, -0.15) is 0 Å². The molecule has 4 aromatic rings. The molecule has 0 spiro atoms. The number of fused-ring (bicyclic) bond motifs is 3. The van der Waals surface area contributed by atoms with E-state index >= 15 is 0 Å². The number of nitrogens with two attached hydrogens (primary N) is 1. The molecule has 4 rings (SSSR count). The number of aromatic nitrogens is 2. The Balaban J connectivity index is 2.04. The number of rotatable bonds is 2. The fourth-order valence-electron chi connectivity index (χ4n) is 2.71. The van der Waals surface area contributed by atoms with Gasteiger partial charge in [-0.15, -0.1) is 22.7 Å². The molecule has 0 fully saturated rings. The lowest BCUT2D eigenvalue weighted by molar-refractivity contribution is 1.19. The number of hydrogen-bond acceptors (Lipinski definition) is 4. The Labute approximate surface area is 130 Å². The third kappa shape index (κ3) is 1.81. The highest BCUT2D eigenvalue weighted by Crippen LogP contribution is 2.36. The van der Waals surface area contributed by atoms with Crippen molar-refractivity contribution in [1.29, 1.82) is 0 Å². The van der Waals surface area contributed by atoms with Crippen molar-refractivity contribution in [2.24, 2.45) is 0 Å². The number of thiophene rings is 2. The number of hydrogen-bond donors (Lipinski definition) is 1. The van der Waals surface area contributed by atoms with E-state index in [4.69, 9.17) is 10.7 Å². The highest BCUT2D eigenvalue weighted by atomic mass is 32.1. The maximum atomic E-state index is 6.36. The summed E-state index contributed by atoms with van der Waals surface area (Å²) < 4.78 is 3.24. The summed E-state index contributed by atoms with van der Waals surface area (Å²) >= 11 is 3.56. The minimum atomic E-state index is 0.724. The monoisotopic (exact) mass is 313 g/mol. The van der Waals surface area contributed by atoms with Crippen molar-refractivity contribution in [2.75, 3.05) is 5.73 Å². The minimum Gasteiger partial charge on any atom is -0.383 e. The van der Waals surface area contributed by atoms with Gasteiger partial charge in [-0.05, 0) is 36.9 Å². The summed E-state index contributed by atoms with van der Waals surface area (Å²) in [5.74, 6) is 0.724. The first kappa shape index (κ1) is 12.9. The zero-order valence-electron chi connectivity index (χ0n) is 11.9. The number of anilines is 1. The van der Waals surface area contributed by atoms with Gasteiger partial charge >= 0.3 is 0 Å². The summed E-state index contributed by atoms with van der Waals surface area (Å²) in [6.45, 7) is 4.32. The average Bonchev–Trinajstić information content (AvgIpc) is 3.16. The topological polar surface area (TPSA) is 43.3 Å². The van der Waals surface area contributed by atoms with Gasteiger partial charge in [0, 0.05) is 31.6 Å². The van der Waals surface area contributed by atoms with E-state index in [9.17, 15) is 0 Å². The molecule has 0 saturated carbocycles. The first-order valence-corrected chi connectivity index (χ1v) is 8.62. The molecule has 21 heavy (non-hydrogen) atoms. The van der Waals surface area contributed by atoms with Gasteiger partial charge in [0.25, 0.3) is 0 Å². The zero-order chi connectivity index (χ0) is 14.6. The van der Waals surface area contributed by atoms with Crippen LogP contribution in [0.3, 0.4) is 0 Å². The Morgan fingerprint density at radius 3 is 2.95 bits per heavy atom. The molecule has 2 N–H and O–H groups in total. The van der Waals surface area contributed by atoms with E-state index in [1.165, 1.54) is 25.4 Å². The Morgan fingerprint density at radius 1 is 1.33 bits per heavy atom. The molecular weight excluding hydrogens is 298 g/mol. The quantitative estimate of drug-likeness (QED) is 0.581. The summed E-state index contributed by atoms with van der Waals surface area (Å²) in [6, 6.07) is 6.44. The molecule has 4 aromatic heterocycles. The maximum absolute atomic E-state index is 6.36. The van der Waals surface area contributed by atoms with Crippen molar-refractivity contribution in [2.45, 2.75) is 20.3 Å². The highest BCUT2D eigenvalue weighted by molar-refractivity contribution is 7.17. The molecule has 5 heteroatoms. The molecule has 0 unspecified atom stereocenters. The predicted molar refractivity (Wildman–Crippen MR) is 92.4 cm³/mol. The Bertz CT molecular complexity index is 959. The van der Waals surface area contributed by atoms with Crippen LogP contribution in [0.1, 0.15) is 16.7 Å². The molecule has 0 radical (unpaired) electrons. The van der Waals surface area contributed by atoms with Crippen molar-refractivity contribution >= 4 is 44.2 Å². The fraction of sp³-hybridized carbons (Fsp3) is 0.188. The third-order valence-corrected chi connectivity index (χ3v) is 5.91. The summed E-state index contributed by atoms with van der Waals surface area (Å²) in [5.41, 5.74) is 9.38. The molecule has 0 aliphatic carbocycles. The second kappa shape index (κ2) is 4.58. The fourth-order valence-corrected chi connectivity index (χ4v) is 4.47. The molecule has 0 atom stereocenters. The minimum absolute atomic E-state index is 0.724. The first-order chi connectivity index (χ1) is 10.2. The molecule has 3 nitrogen and oxygen atoms in total. The summed E-state index contributed by atoms with van der Waals surface area (Å²) in [7, 11) is 0. The first-order valence-electron chi connectivity index (χ1n) is 6.92. The average molecular weight is 313 g/mol. The van der Waals surface area contributed by atoms with Crippen LogP contribution >= 0.6 is 22.7 Å². The Hall–Kier alpha value is -1.85. The molecular formula is C16H15N3S2. The van der Waals surface area contributed by atoms with E-state index in [-0.39, 0.29) is 0 Å². The predicted octanol–water partition coefficient (Wildman–Crippen LogP) is 4.73. The van der Waals surface area contributed by atoms with Crippen molar-refractivity contribution < 1.29 is 0 Å². The van der Waals surface area contributed by atoms with Crippen LogP contribution in [0.4, 0.5) is 5.82 Å². The van der Waals surface area contributed by atoms with Crippen molar-refractivity contribution in [3.63, 3.8) is 0 Å². The number of aryl methyl sites for hydroxylation is 2. The third-order valence-electron chi connectivity index (χ3n) is 3.83. The van der Waals surface area contributed by atoms with Crippen LogP contribution in [0.15, 0.2) is 29.8 Å². The van der Waals surface area contributed by atoms with E-state index < -0.39 is 0 Å². The molecule has 0 bridgehead atoms. The second-order valence-electron chi connectivity index (χ2n) is 5.09. The Morgan fingerprint density at radius 2 is 2.19 bits per heavy atom. The number of nitrogens with zero attached hydrogens (tertiary/aromatic N) is 2. The molecule has 0 aliphatic heterocycles. The van der Waals surface area contributed by atoms with Gasteiger partial charge in [0.2, 0.25) is 0 Å². The van der Waals surface area contributed by atoms with Gasteiger partial charge in [0.1, 0.15) is 17.2 Å².